The molecule has 0 amide bonds. The van der Waals surface area contributed by atoms with Gasteiger partial charge in [0.05, 0.1) is 27.8 Å². The van der Waals surface area contributed by atoms with Gasteiger partial charge in [0.2, 0.25) is 0 Å². The minimum atomic E-state index is -2.04. The van der Waals surface area contributed by atoms with E-state index in [1.807, 2.05) is 0 Å². The molecule has 5 aromatic rings. The van der Waals surface area contributed by atoms with Crippen LogP contribution in [0.4, 0.5) is 0 Å². The monoisotopic (exact) mass is 862 g/mol. The molecule has 0 unspecified atom stereocenters. The molecule has 0 bridgehead atoms. The van der Waals surface area contributed by atoms with Gasteiger partial charge in [0.15, 0.2) is 30.9 Å². The topological polar surface area (TPSA) is 220 Å². The minimum absolute atomic E-state index is 0.0415. The summed E-state index contributed by atoms with van der Waals surface area (Å²) in [6.07, 6.45) is -18.2. The molecule has 0 saturated carbocycles. The number of carbonyl (C=O) groups excluding carboxylic acids is 5. The lowest BCUT2D eigenvalue weighted by molar-refractivity contribution is -0.353. The Balaban J connectivity index is 1.26. The molecule has 0 aromatic heterocycles. The summed E-state index contributed by atoms with van der Waals surface area (Å²) in [6.45, 7) is -1.33. The summed E-state index contributed by atoms with van der Waals surface area (Å²) >= 11 is 0. The van der Waals surface area contributed by atoms with Crippen LogP contribution < -0.4 is 0 Å². The summed E-state index contributed by atoms with van der Waals surface area (Å²) < 4.78 is 47.1. The minimum Gasteiger partial charge on any atom is -0.459 e. The third kappa shape index (κ3) is 11.0. The molecular formula is C47H42O16. The summed E-state index contributed by atoms with van der Waals surface area (Å²) in [6, 6.07) is 38.9. The molecule has 2 aliphatic heterocycles. The second kappa shape index (κ2) is 20.9. The molecule has 0 spiro atoms. The molecule has 0 radical (unpaired) electrons. The molecule has 16 heteroatoms. The van der Waals surface area contributed by atoms with Gasteiger partial charge in [-0.2, -0.15) is 0 Å². The molecular weight excluding hydrogens is 821 g/mol. The van der Waals surface area contributed by atoms with Gasteiger partial charge in [-0.1, -0.05) is 91.0 Å². The zero-order valence-electron chi connectivity index (χ0n) is 33.3. The van der Waals surface area contributed by atoms with E-state index in [1.54, 1.807) is 91.0 Å². The average Bonchev–Trinajstić information content (AvgIpc) is 3.33. The maximum Gasteiger partial charge on any atom is 0.338 e. The van der Waals surface area contributed by atoms with Crippen LogP contribution in [0.3, 0.4) is 0 Å². The van der Waals surface area contributed by atoms with Gasteiger partial charge >= 0.3 is 29.8 Å². The van der Waals surface area contributed by atoms with Crippen molar-refractivity contribution >= 4 is 29.8 Å². The van der Waals surface area contributed by atoms with Crippen molar-refractivity contribution in [2.45, 2.75) is 61.4 Å². The number of carbonyl (C=O) groups is 5. The molecule has 0 aliphatic carbocycles. The van der Waals surface area contributed by atoms with Crippen LogP contribution in [0.25, 0.3) is 0 Å². The fraction of sp³-hybridized carbons (Fsp3) is 0.255. The molecule has 7 rings (SSSR count). The Morgan fingerprint density at radius 3 is 1.16 bits per heavy atom. The zero-order chi connectivity index (χ0) is 44.3. The molecule has 2 fully saturated rings. The normalized spacial score (nSPS) is 25.4. The van der Waals surface area contributed by atoms with Gasteiger partial charge in [-0.05, 0) is 60.7 Å². The van der Waals surface area contributed by atoms with Crippen LogP contribution in [0, 0.1) is 0 Å². The Labute approximate surface area is 360 Å². The van der Waals surface area contributed by atoms with Crippen molar-refractivity contribution in [3.05, 3.63) is 179 Å². The number of benzene rings is 5. The van der Waals surface area contributed by atoms with Gasteiger partial charge in [0.1, 0.15) is 43.7 Å². The number of aliphatic hydroxyl groups excluding tert-OH is 3. The van der Waals surface area contributed by atoms with Crippen molar-refractivity contribution in [2.75, 3.05) is 13.2 Å². The fourth-order valence-electron chi connectivity index (χ4n) is 6.81. The summed E-state index contributed by atoms with van der Waals surface area (Å²) in [7, 11) is 0. The molecule has 2 aliphatic rings. The standard InChI is InChI=1S/C47H42O16/c48-35-33(26-56-41(50)28-16-6-1-7-17-28)59-47(38(36(35)49)60-43(52)30-20-10-3-11-21-30)63-37-34(27-57-42(51)29-18-8-2-9-19-29)58-46(55)40(62-45(54)32-24-14-5-15-25-32)39(37)61-44(53)31-22-12-4-13-23-31/h1-25,33-40,46-49,55H,26-27H2/t33-,34-,35+,36+,37-,38-,39+,40-,46-,47+/m1/s1. The molecule has 63 heavy (non-hydrogen) atoms. The Morgan fingerprint density at radius 1 is 0.397 bits per heavy atom. The maximum atomic E-state index is 13.8. The van der Waals surface area contributed by atoms with E-state index in [0.717, 1.165) is 0 Å². The van der Waals surface area contributed by atoms with Crippen molar-refractivity contribution in [1.29, 1.82) is 0 Å². The van der Waals surface area contributed by atoms with Crippen LogP contribution in [-0.2, 0) is 37.9 Å². The van der Waals surface area contributed by atoms with Crippen molar-refractivity contribution in [3.8, 4) is 0 Å². The van der Waals surface area contributed by atoms with E-state index in [2.05, 4.69) is 0 Å². The quantitative estimate of drug-likeness (QED) is 0.106. The highest BCUT2D eigenvalue weighted by Gasteiger charge is 2.55. The molecule has 10 atom stereocenters. The van der Waals surface area contributed by atoms with Crippen molar-refractivity contribution in [2.24, 2.45) is 0 Å². The van der Waals surface area contributed by atoms with Crippen LogP contribution in [0.2, 0.25) is 0 Å². The smallest absolute Gasteiger partial charge is 0.338 e. The average molecular weight is 863 g/mol. The Kier molecular flexibility index (Phi) is 14.7. The first-order valence-corrected chi connectivity index (χ1v) is 19.8. The van der Waals surface area contributed by atoms with Gasteiger partial charge in [-0.3, -0.25) is 0 Å². The third-order valence-electron chi connectivity index (χ3n) is 10.1. The van der Waals surface area contributed by atoms with E-state index < -0.39 is 104 Å². The number of hydrogen-bond acceptors (Lipinski definition) is 16. The molecule has 5 aromatic carbocycles. The second-order valence-electron chi connectivity index (χ2n) is 14.3. The fourth-order valence-corrected chi connectivity index (χ4v) is 6.81. The van der Waals surface area contributed by atoms with Crippen LogP contribution in [0.1, 0.15) is 51.8 Å². The van der Waals surface area contributed by atoms with E-state index in [-0.39, 0.29) is 27.8 Å². The summed E-state index contributed by atoms with van der Waals surface area (Å²) in [4.78, 5) is 67.1. The SMILES string of the molecule is O=C(OC[C@H]1O[C@@H](O[C@H]2[C@H](OC(=O)c3ccccc3)[C@@H](OC(=O)c3ccccc3)[C@H](O)O[C@@H]2COC(=O)c2ccccc2)[C@H](OC(=O)c2ccccc2)[C@@H](O)[C@H]1O)c1ccccc1. The first-order chi connectivity index (χ1) is 30.6. The Hall–Kier alpha value is -6.79. The predicted molar refractivity (Wildman–Crippen MR) is 217 cm³/mol. The number of esters is 5. The highest BCUT2D eigenvalue weighted by atomic mass is 16.8. The van der Waals surface area contributed by atoms with E-state index >= 15 is 0 Å². The van der Waals surface area contributed by atoms with Gasteiger partial charge < -0.3 is 53.2 Å². The van der Waals surface area contributed by atoms with Gasteiger partial charge in [-0.25, -0.2) is 24.0 Å². The molecule has 2 saturated heterocycles. The van der Waals surface area contributed by atoms with E-state index in [1.165, 1.54) is 60.7 Å². The van der Waals surface area contributed by atoms with E-state index in [4.69, 9.17) is 37.9 Å². The van der Waals surface area contributed by atoms with Gasteiger partial charge in [0, 0.05) is 0 Å². The second-order valence-corrected chi connectivity index (χ2v) is 14.3. The summed E-state index contributed by atoms with van der Waals surface area (Å²) in [5, 5.41) is 34.5. The largest absolute Gasteiger partial charge is 0.459 e. The van der Waals surface area contributed by atoms with Gasteiger partial charge in [-0.15, -0.1) is 0 Å². The van der Waals surface area contributed by atoms with E-state index in [9.17, 15) is 39.3 Å². The first-order valence-electron chi connectivity index (χ1n) is 19.8. The lowest BCUT2D eigenvalue weighted by Gasteiger charge is -2.47. The zero-order valence-corrected chi connectivity index (χ0v) is 33.3. The molecule has 16 nitrogen and oxygen atoms in total. The van der Waals surface area contributed by atoms with Crippen molar-refractivity contribution < 1.29 is 77.2 Å². The Bertz CT molecular complexity index is 2300. The molecule has 3 N–H and O–H groups in total. The lowest BCUT2D eigenvalue weighted by atomic mass is 9.96. The third-order valence-corrected chi connectivity index (χ3v) is 10.1. The lowest BCUT2D eigenvalue weighted by Crippen LogP contribution is -2.66. The molecule has 326 valence electrons. The van der Waals surface area contributed by atoms with Crippen LogP contribution >= 0.6 is 0 Å². The highest BCUT2D eigenvalue weighted by molar-refractivity contribution is 5.91. The number of rotatable bonds is 14. The first kappa shape index (κ1) is 44.3. The number of ether oxygens (including phenoxy) is 8. The van der Waals surface area contributed by atoms with Crippen LogP contribution in [-0.4, -0.2) is 120 Å². The number of aliphatic hydroxyl groups is 3. The summed E-state index contributed by atoms with van der Waals surface area (Å²) in [5.41, 5.74) is 0.481. The predicted octanol–water partition coefficient (Wildman–Crippen LogP) is 3.93. The highest BCUT2D eigenvalue weighted by Crippen LogP contribution is 2.34. The van der Waals surface area contributed by atoms with Crippen molar-refractivity contribution in [3.63, 3.8) is 0 Å². The summed E-state index contributed by atoms with van der Waals surface area (Å²) in [5.74, 6) is -4.50. The van der Waals surface area contributed by atoms with Crippen molar-refractivity contribution in [1.82, 2.24) is 0 Å². The maximum absolute atomic E-state index is 13.8. The van der Waals surface area contributed by atoms with Crippen LogP contribution in [0.15, 0.2) is 152 Å². The van der Waals surface area contributed by atoms with E-state index in [0.29, 0.717) is 0 Å². The number of hydrogen-bond donors (Lipinski definition) is 3. The van der Waals surface area contributed by atoms with Crippen LogP contribution in [0.5, 0.6) is 0 Å². The Morgan fingerprint density at radius 2 is 0.746 bits per heavy atom. The van der Waals surface area contributed by atoms with Gasteiger partial charge in [0.25, 0.3) is 0 Å². The molecule has 2 heterocycles.